The summed E-state index contributed by atoms with van der Waals surface area (Å²) in [7, 11) is 0. The summed E-state index contributed by atoms with van der Waals surface area (Å²) in [4.78, 5) is 0. The van der Waals surface area contributed by atoms with E-state index >= 15 is 0 Å². The van der Waals surface area contributed by atoms with Gasteiger partial charge in [0.25, 0.3) is 0 Å². The van der Waals surface area contributed by atoms with E-state index in [1.165, 1.54) is 18.6 Å². The highest BCUT2D eigenvalue weighted by molar-refractivity contribution is 5.39. The number of nitrogens with two attached hydrogens (primary N) is 1. The smallest absolute Gasteiger partial charge is 0.330 e. The van der Waals surface area contributed by atoms with E-state index < -0.39 is 11.7 Å². The highest BCUT2D eigenvalue weighted by atomic mass is 19.4. The molecule has 3 rings (SSSR count). The highest BCUT2D eigenvalue weighted by Gasteiger charge is 2.60. The summed E-state index contributed by atoms with van der Waals surface area (Å²) < 4.78 is 38.5. The monoisotopic (exact) mass is 269 g/mol. The molecule has 104 valence electrons. The Morgan fingerprint density at radius 3 is 2.47 bits per heavy atom. The van der Waals surface area contributed by atoms with Gasteiger partial charge in [-0.2, -0.15) is 13.2 Å². The van der Waals surface area contributed by atoms with Gasteiger partial charge in [0.05, 0.1) is 5.56 Å². The van der Waals surface area contributed by atoms with Crippen LogP contribution in [0.4, 0.5) is 13.2 Å². The average Bonchev–Trinajstić information content (AvgIpc) is 3.01. The molecule has 1 nitrogen and oxygen atoms in total. The highest BCUT2D eigenvalue weighted by Crippen LogP contribution is 2.63. The Bertz CT molecular complexity index is 479. The van der Waals surface area contributed by atoms with Crippen LogP contribution < -0.4 is 5.73 Å². The summed E-state index contributed by atoms with van der Waals surface area (Å²) in [5.41, 5.74) is 6.02. The first-order valence-corrected chi connectivity index (χ1v) is 6.86. The van der Waals surface area contributed by atoms with E-state index in [9.17, 15) is 13.2 Å². The van der Waals surface area contributed by atoms with E-state index in [4.69, 9.17) is 5.73 Å². The molecule has 2 aliphatic carbocycles. The summed E-state index contributed by atoms with van der Waals surface area (Å²) >= 11 is 0. The molecule has 0 heterocycles. The van der Waals surface area contributed by atoms with Crippen LogP contribution in [-0.4, -0.2) is 6.54 Å². The first kappa shape index (κ1) is 13.0. The maximum Gasteiger partial charge on any atom is 0.416 e. The molecule has 1 aromatic rings. The first-order valence-electron chi connectivity index (χ1n) is 6.86. The van der Waals surface area contributed by atoms with Gasteiger partial charge in [-0.05, 0) is 49.3 Å². The van der Waals surface area contributed by atoms with Crippen molar-refractivity contribution in [2.75, 3.05) is 6.54 Å². The number of hydrogen-bond donors (Lipinski definition) is 1. The maximum absolute atomic E-state index is 12.8. The minimum Gasteiger partial charge on any atom is -0.330 e. The fourth-order valence-electron chi connectivity index (χ4n) is 3.64. The van der Waals surface area contributed by atoms with Crippen LogP contribution in [0.25, 0.3) is 0 Å². The molecule has 0 bridgehead atoms. The van der Waals surface area contributed by atoms with Gasteiger partial charge in [0.2, 0.25) is 0 Å². The third-order valence-electron chi connectivity index (χ3n) is 5.00. The SMILES string of the molecule is NC[C@@H]1CC1(c1cccc(C(F)(F)F)c1)C1CCC1. The molecule has 0 aliphatic heterocycles. The summed E-state index contributed by atoms with van der Waals surface area (Å²) in [5, 5.41) is 0. The molecule has 2 N–H and O–H groups in total. The van der Waals surface area contributed by atoms with Gasteiger partial charge in [0, 0.05) is 5.41 Å². The molecule has 4 heteroatoms. The summed E-state index contributed by atoms with van der Waals surface area (Å²) in [5.74, 6) is 0.894. The van der Waals surface area contributed by atoms with Crippen LogP contribution in [0.2, 0.25) is 0 Å². The lowest BCUT2D eigenvalue weighted by Crippen LogP contribution is -2.30. The van der Waals surface area contributed by atoms with Gasteiger partial charge in [-0.25, -0.2) is 0 Å². The Labute approximate surface area is 111 Å². The van der Waals surface area contributed by atoms with E-state index in [-0.39, 0.29) is 5.41 Å². The van der Waals surface area contributed by atoms with E-state index in [2.05, 4.69) is 0 Å². The molecule has 2 saturated carbocycles. The zero-order valence-corrected chi connectivity index (χ0v) is 10.7. The summed E-state index contributed by atoms with van der Waals surface area (Å²) in [6.45, 7) is 0.576. The van der Waals surface area contributed by atoms with Gasteiger partial charge in [0.15, 0.2) is 0 Å². The number of rotatable bonds is 3. The second kappa shape index (κ2) is 4.23. The van der Waals surface area contributed by atoms with Crippen molar-refractivity contribution in [3.05, 3.63) is 35.4 Å². The minimum absolute atomic E-state index is 0.0612. The van der Waals surface area contributed by atoms with Crippen molar-refractivity contribution in [3.8, 4) is 0 Å². The molecule has 2 aliphatic rings. The average molecular weight is 269 g/mol. The lowest BCUT2D eigenvalue weighted by molar-refractivity contribution is -0.137. The van der Waals surface area contributed by atoms with Crippen molar-refractivity contribution in [2.24, 2.45) is 17.6 Å². The van der Waals surface area contributed by atoms with Crippen LogP contribution in [0.1, 0.15) is 36.8 Å². The van der Waals surface area contributed by atoms with Crippen LogP contribution in [0.3, 0.4) is 0 Å². The third kappa shape index (κ3) is 1.97. The van der Waals surface area contributed by atoms with Gasteiger partial charge in [-0.15, -0.1) is 0 Å². The normalized spacial score (nSPS) is 31.1. The quantitative estimate of drug-likeness (QED) is 0.889. The molecule has 0 spiro atoms. The van der Waals surface area contributed by atoms with Gasteiger partial charge in [-0.1, -0.05) is 24.6 Å². The van der Waals surface area contributed by atoms with Crippen molar-refractivity contribution >= 4 is 0 Å². The predicted molar refractivity (Wildman–Crippen MR) is 67.6 cm³/mol. The Kier molecular flexibility index (Phi) is 2.89. The molecule has 2 atom stereocenters. The standard InChI is InChI=1S/C15H18F3N/c16-15(17,18)12-6-2-5-11(7-12)14(8-13(14)9-19)10-3-1-4-10/h2,5-7,10,13H,1,3-4,8-9,19H2/t13-,14?/m0/s1. The second-order valence-corrected chi connectivity index (χ2v) is 5.88. The van der Waals surface area contributed by atoms with Crippen LogP contribution in [0.5, 0.6) is 0 Å². The molecule has 19 heavy (non-hydrogen) atoms. The zero-order valence-electron chi connectivity index (χ0n) is 10.7. The Hall–Kier alpha value is -1.03. The number of halogens is 3. The van der Waals surface area contributed by atoms with Crippen LogP contribution in [0.15, 0.2) is 24.3 Å². The van der Waals surface area contributed by atoms with Gasteiger partial charge in [-0.3, -0.25) is 0 Å². The number of hydrogen-bond acceptors (Lipinski definition) is 1. The molecular formula is C15H18F3N. The molecule has 2 fully saturated rings. The Balaban J connectivity index is 1.96. The van der Waals surface area contributed by atoms with E-state index in [0.717, 1.165) is 30.9 Å². The van der Waals surface area contributed by atoms with Gasteiger partial charge < -0.3 is 5.73 Å². The van der Waals surface area contributed by atoms with E-state index in [1.807, 2.05) is 6.07 Å². The molecule has 1 aromatic carbocycles. The largest absolute Gasteiger partial charge is 0.416 e. The van der Waals surface area contributed by atoms with E-state index in [0.29, 0.717) is 18.4 Å². The molecule has 0 aromatic heterocycles. The molecule has 0 amide bonds. The Morgan fingerprint density at radius 1 is 1.26 bits per heavy atom. The number of benzene rings is 1. The van der Waals surface area contributed by atoms with Crippen LogP contribution in [0, 0.1) is 11.8 Å². The lowest BCUT2D eigenvalue weighted by Gasteiger charge is -2.36. The molecule has 1 unspecified atom stereocenters. The minimum atomic E-state index is -4.26. The zero-order chi connectivity index (χ0) is 13.7. The van der Waals surface area contributed by atoms with Gasteiger partial charge >= 0.3 is 6.18 Å². The number of alkyl halides is 3. The van der Waals surface area contributed by atoms with Crippen molar-refractivity contribution in [1.29, 1.82) is 0 Å². The van der Waals surface area contributed by atoms with Crippen molar-refractivity contribution in [3.63, 3.8) is 0 Å². The molecule has 0 radical (unpaired) electrons. The Morgan fingerprint density at radius 2 is 2.00 bits per heavy atom. The van der Waals surface area contributed by atoms with Crippen molar-refractivity contribution in [2.45, 2.75) is 37.3 Å². The molecular weight excluding hydrogens is 251 g/mol. The summed E-state index contributed by atoms with van der Waals surface area (Å²) in [6, 6.07) is 5.87. The van der Waals surface area contributed by atoms with Crippen molar-refractivity contribution in [1.82, 2.24) is 0 Å². The third-order valence-corrected chi connectivity index (χ3v) is 5.00. The van der Waals surface area contributed by atoms with Crippen LogP contribution in [-0.2, 0) is 11.6 Å². The van der Waals surface area contributed by atoms with E-state index in [1.54, 1.807) is 0 Å². The maximum atomic E-state index is 12.8. The fourth-order valence-corrected chi connectivity index (χ4v) is 3.64. The second-order valence-electron chi connectivity index (χ2n) is 5.88. The van der Waals surface area contributed by atoms with Gasteiger partial charge in [0.1, 0.15) is 0 Å². The fraction of sp³-hybridized carbons (Fsp3) is 0.600. The van der Waals surface area contributed by atoms with Crippen LogP contribution >= 0.6 is 0 Å². The van der Waals surface area contributed by atoms with Crippen molar-refractivity contribution < 1.29 is 13.2 Å². The predicted octanol–water partition coefficient (Wildman–Crippen LogP) is 3.72. The molecule has 0 saturated heterocycles. The topological polar surface area (TPSA) is 26.0 Å². The first-order chi connectivity index (χ1) is 8.98. The lowest BCUT2D eigenvalue weighted by atomic mass is 9.69. The summed E-state index contributed by atoms with van der Waals surface area (Å²) in [6.07, 6.45) is 0.154.